The Morgan fingerprint density at radius 1 is 1.63 bits per heavy atom. The third-order valence-corrected chi connectivity index (χ3v) is 4.44. The number of thiophene rings is 1. The average molecular weight is 296 g/mol. The summed E-state index contributed by atoms with van der Waals surface area (Å²) in [5.41, 5.74) is 6.94. The maximum Gasteiger partial charge on any atom is 0.233 e. The van der Waals surface area contributed by atoms with Crippen LogP contribution in [0.15, 0.2) is 16.8 Å². The molecule has 1 amide bonds. The molecule has 1 aromatic heterocycles. The van der Waals surface area contributed by atoms with Gasteiger partial charge in [-0.05, 0) is 41.7 Å². The predicted octanol–water partition coefficient (Wildman–Crippen LogP) is 2.94. The molecule has 104 valence electrons. The van der Waals surface area contributed by atoms with Gasteiger partial charge in [-0.3, -0.25) is 4.79 Å². The van der Waals surface area contributed by atoms with Gasteiger partial charge >= 0.3 is 0 Å². The zero-order valence-electron chi connectivity index (χ0n) is 11.2. The molecule has 1 fully saturated rings. The molecule has 1 aliphatic rings. The molecule has 0 bridgehead atoms. The number of nitrogens with zero attached hydrogens (tertiary/aromatic N) is 1. The Hall–Kier alpha value is -0.940. The van der Waals surface area contributed by atoms with E-state index >= 15 is 0 Å². The molecule has 1 atom stereocenters. The van der Waals surface area contributed by atoms with Gasteiger partial charge < -0.3 is 10.6 Å². The van der Waals surface area contributed by atoms with E-state index in [-0.39, 0.29) is 11.8 Å². The number of carbonyl (C=O) groups excluding carboxylic acids is 1. The molecule has 19 heavy (non-hydrogen) atoms. The molecule has 0 radical (unpaired) electrons. The SMILES string of the molecule is CCCC(C(=O)N(Cc1ccsc1)C1CC1)C(N)=S. The van der Waals surface area contributed by atoms with E-state index < -0.39 is 0 Å². The maximum atomic E-state index is 12.6. The van der Waals surface area contributed by atoms with Gasteiger partial charge in [0.2, 0.25) is 5.91 Å². The van der Waals surface area contributed by atoms with Crippen molar-refractivity contribution in [3.63, 3.8) is 0 Å². The normalized spacial score (nSPS) is 16.1. The molecule has 3 nitrogen and oxygen atoms in total. The maximum absolute atomic E-state index is 12.6. The lowest BCUT2D eigenvalue weighted by molar-refractivity contribution is -0.134. The van der Waals surface area contributed by atoms with E-state index in [9.17, 15) is 4.79 Å². The summed E-state index contributed by atoms with van der Waals surface area (Å²) in [5.74, 6) is -0.178. The lowest BCUT2D eigenvalue weighted by atomic mass is 10.0. The van der Waals surface area contributed by atoms with Crippen molar-refractivity contribution >= 4 is 34.5 Å². The highest BCUT2D eigenvalue weighted by Crippen LogP contribution is 2.30. The zero-order chi connectivity index (χ0) is 13.8. The lowest BCUT2D eigenvalue weighted by Crippen LogP contribution is -2.42. The molecule has 0 spiro atoms. The van der Waals surface area contributed by atoms with Crippen LogP contribution in [0.3, 0.4) is 0 Å². The third-order valence-electron chi connectivity index (χ3n) is 3.42. The van der Waals surface area contributed by atoms with Gasteiger partial charge in [0.15, 0.2) is 0 Å². The minimum absolute atomic E-state index is 0.114. The van der Waals surface area contributed by atoms with E-state index in [1.165, 1.54) is 5.56 Å². The molecule has 2 N–H and O–H groups in total. The van der Waals surface area contributed by atoms with E-state index in [4.69, 9.17) is 18.0 Å². The van der Waals surface area contributed by atoms with Gasteiger partial charge in [-0.2, -0.15) is 11.3 Å². The second-order valence-corrected chi connectivity index (χ2v) is 6.32. The Balaban J connectivity index is 2.09. The number of nitrogens with two attached hydrogens (primary N) is 1. The molecule has 1 heterocycles. The summed E-state index contributed by atoms with van der Waals surface area (Å²) in [7, 11) is 0. The number of carbonyl (C=O) groups is 1. The quantitative estimate of drug-likeness (QED) is 0.787. The number of rotatable bonds is 7. The zero-order valence-corrected chi connectivity index (χ0v) is 12.8. The first-order valence-electron chi connectivity index (χ1n) is 6.74. The van der Waals surface area contributed by atoms with Crippen LogP contribution in [-0.4, -0.2) is 21.8 Å². The van der Waals surface area contributed by atoms with Crippen molar-refractivity contribution in [2.75, 3.05) is 0 Å². The predicted molar refractivity (Wildman–Crippen MR) is 83.1 cm³/mol. The van der Waals surface area contributed by atoms with Crippen molar-refractivity contribution in [1.29, 1.82) is 0 Å². The van der Waals surface area contributed by atoms with Crippen molar-refractivity contribution < 1.29 is 4.79 Å². The highest BCUT2D eigenvalue weighted by Gasteiger charge is 2.36. The summed E-state index contributed by atoms with van der Waals surface area (Å²) in [6.45, 7) is 2.74. The topological polar surface area (TPSA) is 46.3 Å². The Bertz CT molecular complexity index is 440. The highest BCUT2D eigenvalue weighted by atomic mass is 32.1. The van der Waals surface area contributed by atoms with Crippen molar-refractivity contribution in [3.05, 3.63) is 22.4 Å². The van der Waals surface area contributed by atoms with E-state index in [0.29, 0.717) is 17.6 Å². The second-order valence-electron chi connectivity index (χ2n) is 5.07. The van der Waals surface area contributed by atoms with Crippen LogP contribution in [0.1, 0.15) is 38.2 Å². The Kier molecular flexibility index (Phi) is 4.93. The van der Waals surface area contributed by atoms with Gasteiger partial charge in [0.05, 0.1) is 10.9 Å². The smallest absolute Gasteiger partial charge is 0.233 e. The summed E-state index contributed by atoms with van der Waals surface area (Å²) >= 11 is 6.73. The lowest BCUT2D eigenvalue weighted by Gasteiger charge is -2.26. The highest BCUT2D eigenvalue weighted by molar-refractivity contribution is 7.80. The van der Waals surface area contributed by atoms with Crippen LogP contribution in [0.4, 0.5) is 0 Å². The molecule has 0 aliphatic heterocycles. The summed E-state index contributed by atoms with van der Waals surface area (Å²) in [4.78, 5) is 15.0. The van der Waals surface area contributed by atoms with Crippen molar-refractivity contribution in [2.45, 2.75) is 45.2 Å². The molecule has 1 aromatic rings. The molecular formula is C14H20N2OS2. The van der Waals surface area contributed by atoms with Crippen LogP contribution in [0.2, 0.25) is 0 Å². The number of hydrogen-bond donors (Lipinski definition) is 1. The average Bonchev–Trinajstić information content (AvgIpc) is 3.09. The van der Waals surface area contributed by atoms with Gasteiger partial charge in [-0.25, -0.2) is 0 Å². The van der Waals surface area contributed by atoms with Gasteiger partial charge in [0.25, 0.3) is 0 Å². The Labute approximate surface area is 123 Å². The van der Waals surface area contributed by atoms with E-state index in [0.717, 1.165) is 25.7 Å². The molecule has 0 saturated heterocycles. The molecule has 2 rings (SSSR count). The fraction of sp³-hybridized carbons (Fsp3) is 0.571. The molecule has 1 aliphatic carbocycles. The minimum atomic E-state index is -0.292. The van der Waals surface area contributed by atoms with Gasteiger partial charge in [0, 0.05) is 12.6 Å². The summed E-state index contributed by atoms with van der Waals surface area (Å²) in [6.07, 6.45) is 3.88. The first kappa shape index (κ1) is 14.5. The van der Waals surface area contributed by atoms with Gasteiger partial charge in [-0.15, -0.1) is 0 Å². The van der Waals surface area contributed by atoms with E-state index in [2.05, 4.69) is 18.4 Å². The molecule has 5 heteroatoms. The van der Waals surface area contributed by atoms with Crippen LogP contribution < -0.4 is 5.73 Å². The summed E-state index contributed by atoms with van der Waals surface area (Å²) in [5, 5.41) is 4.14. The van der Waals surface area contributed by atoms with Crippen LogP contribution >= 0.6 is 23.6 Å². The third kappa shape index (κ3) is 3.76. The first-order chi connectivity index (χ1) is 9.13. The minimum Gasteiger partial charge on any atom is -0.393 e. The van der Waals surface area contributed by atoms with E-state index in [1.807, 2.05) is 10.3 Å². The fourth-order valence-corrected chi connectivity index (χ4v) is 3.11. The van der Waals surface area contributed by atoms with Crippen molar-refractivity contribution in [3.8, 4) is 0 Å². The van der Waals surface area contributed by atoms with Crippen LogP contribution in [0.25, 0.3) is 0 Å². The van der Waals surface area contributed by atoms with Crippen LogP contribution in [-0.2, 0) is 11.3 Å². The summed E-state index contributed by atoms with van der Waals surface area (Å²) in [6, 6.07) is 2.46. The largest absolute Gasteiger partial charge is 0.393 e. The van der Waals surface area contributed by atoms with Crippen molar-refractivity contribution in [1.82, 2.24) is 4.90 Å². The summed E-state index contributed by atoms with van der Waals surface area (Å²) < 4.78 is 0. The first-order valence-corrected chi connectivity index (χ1v) is 8.09. The number of hydrogen-bond acceptors (Lipinski definition) is 3. The molecule has 1 unspecified atom stereocenters. The Morgan fingerprint density at radius 3 is 2.84 bits per heavy atom. The number of amides is 1. The van der Waals surface area contributed by atoms with Gasteiger partial charge in [-0.1, -0.05) is 25.6 Å². The monoisotopic (exact) mass is 296 g/mol. The number of thiocarbonyl (C=S) groups is 1. The van der Waals surface area contributed by atoms with Crippen molar-refractivity contribution in [2.24, 2.45) is 11.7 Å². The van der Waals surface area contributed by atoms with Gasteiger partial charge in [0.1, 0.15) is 0 Å². The molecular weight excluding hydrogens is 276 g/mol. The molecule has 1 saturated carbocycles. The fourth-order valence-electron chi connectivity index (χ4n) is 2.23. The second kappa shape index (κ2) is 6.48. The Morgan fingerprint density at radius 2 is 2.37 bits per heavy atom. The molecule has 0 aromatic carbocycles. The van der Waals surface area contributed by atoms with E-state index in [1.54, 1.807) is 11.3 Å². The van der Waals surface area contributed by atoms with Crippen LogP contribution in [0.5, 0.6) is 0 Å². The standard InChI is InChI=1S/C14H20N2OS2/c1-2-3-12(13(15)18)14(17)16(11-4-5-11)8-10-6-7-19-9-10/h6-7,9,11-12H,2-5,8H2,1H3,(H2,15,18). The van der Waals surface area contributed by atoms with Crippen LogP contribution in [0, 0.1) is 5.92 Å².